The normalized spacial score (nSPS) is 15.1. The molecule has 134 valence electrons. The molecule has 0 aromatic carbocycles. The number of ether oxygens (including phenoxy) is 1. The molecule has 1 unspecified atom stereocenters. The number of unbranched alkanes of at least 4 members (excludes halogenated alkanes) is 1. The van der Waals surface area contributed by atoms with Crippen molar-refractivity contribution in [1.29, 1.82) is 0 Å². The van der Waals surface area contributed by atoms with E-state index in [1.807, 2.05) is 0 Å². The Morgan fingerprint density at radius 3 is 1.77 bits per heavy atom. The minimum Gasteiger partial charge on any atom is -0.437 e. The van der Waals surface area contributed by atoms with Crippen molar-refractivity contribution < 1.29 is 23.2 Å². The molecule has 1 atom stereocenters. The van der Waals surface area contributed by atoms with Crippen molar-refractivity contribution in [3.8, 4) is 0 Å². The lowest BCUT2D eigenvalue weighted by Gasteiger charge is -2.38. The molecule has 0 aromatic rings. The maximum atomic E-state index is 9.20. The van der Waals surface area contributed by atoms with Crippen LogP contribution < -0.4 is 0 Å². The first-order valence-corrected chi connectivity index (χ1v) is 17.5. The maximum Gasteiger partial charge on any atom is 0.314 e. The lowest BCUT2D eigenvalue weighted by atomic mass is 10.3. The van der Waals surface area contributed by atoms with Crippen molar-refractivity contribution in [1.82, 2.24) is 0 Å². The van der Waals surface area contributed by atoms with Crippen LogP contribution in [0, 0.1) is 0 Å². The van der Waals surface area contributed by atoms with Crippen molar-refractivity contribution >= 4 is 25.2 Å². The summed E-state index contributed by atoms with van der Waals surface area (Å²) in [5, 5.41) is 17.9. The number of hydrogen-bond acceptors (Lipinski definition) is 5. The van der Waals surface area contributed by atoms with E-state index in [1.165, 1.54) is 0 Å². The van der Waals surface area contributed by atoms with Gasteiger partial charge in [-0.2, -0.15) is 0 Å². The highest BCUT2D eigenvalue weighted by molar-refractivity contribution is 6.87. The van der Waals surface area contributed by atoms with Gasteiger partial charge in [0, 0.05) is 6.61 Å². The molecule has 0 amide bonds. The smallest absolute Gasteiger partial charge is 0.314 e. The van der Waals surface area contributed by atoms with Crippen molar-refractivity contribution in [3.63, 3.8) is 0 Å². The Hall–Kier alpha value is 0.451. The van der Waals surface area contributed by atoms with Gasteiger partial charge in [0.25, 0.3) is 0 Å². The van der Waals surface area contributed by atoms with E-state index in [1.54, 1.807) is 0 Å². The van der Waals surface area contributed by atoms with Crippen LogP contribution in [-0.2, 0) is 13.0 Å². The van der Waals surface area contributed by atoms with Gasteiger partial charge in [-0.1, -0.05) is 0 Å². The first-order chi connectivity index (χ1) is 9.87. The van der Waals surface area contributed by atoms with E-state index in [0.717, 1.165) is 18.9 Å². The Labute approximate surface area is 139 Å². The molecule has 0 heterocycles. The minimum atomic E-state index is -2.13. The fourth-order valence-electron chi connectivity index (χ4n) is 2.34. The molecule has 22 heavy (non-hydrogen) atoms. The summed E-state index contributed by atoms with van der Waals surface area (Å²) >= 11 is 0. The summed E-state index contributed by atoms with van der Waals surface area (Å²) in [7, 11) is -5.37. The van der Waals surface area contributed by atoms with E-state index in [2.05, 4.69) is 45.8 Å². The molecule has 2 N–H and O–H groups in total. The zero-order chi connectivity index (χ0) is 17.4. The van der Waals surface area contributed by atoms with E-state index in [-0.39, 0.29) is 13.2 Å². The fraction of sp³-hybridized carbons (Fsp3) is 1.00. The predicted molar refractivity (Wildman–Crippen MR) is 98.4 cm³/mol. The zero-order valence-electron chi connectivity index (χ0n) is 15.4. The highest BCUT2D eigenvalue weighted by Gasteiger charge is 2.39. The van der Waals surface area contributed by atoms with Crippen LogP contribution in [-0.4, -0.2) is 61.3 Å². The van der Waals surface area contributed by atoms with Crippen LogP contribution in [0.3, 0.4) is 0 Å². The van der Waals surface area contributed by atoms with E-state index in [9.17, 15) is 5.11 Å². The van der Waals surface area contributed by atoms with Gasteiger partial charge in [0.05, 0.1) is 13.2 Å². The van der Waals surface area contributed by atoms with Gasteiger partial charge < -0.3 is 23.2 Å². The molecule has 8 heteroatoms. The lowest BCUT2D eigenvalue weighted by molar-refractivity contribution is 0.00550. The average Bonchev–Trinajstić information content (AvgIpc) is 2.28. The van der Waals surface area contributed by atoms with Gasteiger partial charge in [-0.05, 0) is 64.7 Å². The van der Waals surface area contributed by atoms with Gasteiger partial charge in [-0.15, -0.1) is 0 Å². The summed E-state index contributed by atoms with van der Waals surface area (Å²) in [6.07, 6.45) is 1.16. The third-order valence-corrected chi connectivity index (χ3v) is 12.3. The van der Waals surface area contributed by atoms with Crippen molar-refractivity contribution in [2.24, 2.45) is 0 Å². The summed E-state index contributed by atoms with van der Waals surface area (Å²) < 4.78 is 18.2. The van der Waals surface area contributed by atoms with Crippen LogP contribution in [0.15, 0.2) is 0 Å². The third kappa shape index (κ3) is 12.9. The lowest BCUT2D eigenvalue weighted by Crippen LogP contribution is -2.52. The van der Waals surface area contributed by atoms with Crippen LogP contribution >= 0.6 is 0 Å². The van der Waals surface area contributed by atoms with Crippen molar-refractivity contribution in [3.05, 3.63) is 0 Å². The van der Waals surface area contributed by atoms with Crippen LogP contribution in [0.25, 0.3) is 0 Å². The number of aliphatic hydroxyl groups excluding tert-OH is 2. The van der Waals surface area contributed by atoms with E-state index < -0.39 is 31.3 Å². The second-order valence-corrected chi connectivity index (χ2v) is 20.8. The molecular weight excluding hydrogens is 332 g/mol. The molecule has 0 radical (unpaired) electrons. The number of aliphatic hydroxyl groups is 2. The Morgan fingerprint density at radius 2 is 1.36 bits per heavy atom. The van der Waals surface area contributed by atoms with Gasteiger partial charge in [-0.3, -0.25) is 0 Å². The monoisotopic (exact) mass is 368 g/mol. The molecule has 0 spiro atoms. The van der Waals surface area contributed by atoms with Gasteiger partial charge in [-0.25, -0.2) is 0 Å². The van der Waals surface area contributed by atoms with Crippen LogP contribution in [0.5, 0.6) is 0 Å². The van der Waals surface area contributed by atoms with Gasteiger partial charge in [0.15, 0.2) is 16.6 Å². The molecule has 0 saturated carbocycles. The van der Waals surface area contributed by atoms with Gasteiger partial charge in [0.2, 0.25) is 0 Å². The highest BCUT2D eigenvalue weighted by atomic mass is 28.5. The summed E-state index contributed by atoms with van der Waals surface area (Å²) in [6.45, 7) is 16.0. The van der Waals surface area contributed by atoms with Crippen LogP contribution in [0.4, 0.5) is 0 Å². The molecule has 5 nitrogen and oxygen atoms in total. The molecular formula is C14H36O5Si3. The molecule has 0 aliphatic carbocycles. The summed E-state index contributed by atoms with van der Waals surface area (Å²) in [4.78, 5) is 0. The fourth-order valence-corrected chi connectivity index (χ4v) is 15.0. The second-order valence-electron chi connectivity index (χ2n) is 7.93. The number of hydrogen-bond donors (Lipinski definition) is 2. The van der Waals surface area contributed by atoms with E-state index in [0.29, 0.717) is 6.61 Å². The quantitative estimate of drug-likeness (QED) is 0.409. The molecule has 0 fully saturated rings. The first kappa shape index (κ1) is 22.5. The van der Waals surface area contributed by atoms with Crippen LogP contribution in [0.2, 0.25) is 51.9 Å². The number of rotatable bonds is 12. The largest absolute Gasteiger partial charge is 0.437 e. The average molecular weight is 369 g/mol. The Bertz CT molecular complexity index is 286. The van der Waals surface area contributed by atoms with Crippen molar-refractivity contribution in [2.75, 3.05) is 19.8 Å². The SMILES string of the molecule is C[Si](C)(C)O[Si](C)(CCCCOCC(O)CO)O[Si](C)(C)C. The molecule has 0 rings (SSSR count). The first-order valence-electron chi connectivity index (χ1n) is 8.14. The summed E-state index contributed by atoms with van der Waals surface area (Å²) in [5.41, 5.74) is 0. The summed E-state index contributed by atoms with van der Waals surface area (Å²) in [5.74, 6) is 0. The maximum absolute atomic E-state index is 9.20. The molecule has 0 aliphatic rings. The standard InChI is InChI=1S/C14H36O5Si3/c1-20(2,3)18-22(7,19-21(4,5)6)11-9-8-10-17-13-14(16)12-15/h14-16H,8-13H2,1-7H3. The topological polar surface area (TPSA) is 68.2 Å². The van der Waals surface area contributed by atoms with Gasteiger partial charge >= 0.3 is 8.56 Å². The highest BCUT2D eigenvalue weighted by Crippen LogP contribution is 2.25. The molecule has 0 saturated heterocycles. The van der Waals surface area contributed by atoms with E-state index in [4.69, 9.17) is 18.1 Å². The van der Waals surface area contributed by atoms with Crippen LogP contribution in [0.1, 0.15) is 12.8 Å². The second kappa shape index (κ2) is 9.68. The third-order valence-electron chi connectivity index (χ3n) is 2.73. The predicted octanol–water partition coefficient (Wildman–Crippen LogP) is 2.91. The minimum absolute atomic E-state index is 0.196. The summed E-state index contributed by atoms with van der Waals surface area (Å²) in [6, 6.07) is 0.980. The van der Waals surface area contributed by atoms with E-state index >= 15 is 0 Å². The molecule has 0 bridgehead atoms. The zero-order valence-corrected chi connectivity index (χ0v) is 18.4. The Kier molecular flexibility index (Phi) is 9.87. The van der Waals surface area contributed by atoms with Crippen molar-refractivity contribution in [2.45, 2.75) is 70.8 Å². The molecule has 0 aliphatic heterocycles. The van der Waals surface area contributed by atoms with Gasteiger partial charge in [0.1, 0.15) is 6.10 Å². The Balaban J connectivity index is 4.25. The Morgan fingerprint density at radius 1 is 0.864 bits per heavy atom. The molecule has 0 aromatic heterocycles.